The molecule has 2 aromatic carbocycles. The molecule has 0 fully saturated rings. The smallest absolute Gasteiger partial charge is 0.337 e. The number of nitrogens with one attached hydrogen (secondary N) is 1. The van der Waals surface area contributed by atoms with Crippen LogP contribution in [0.25, 0.3) is 0 Å². The Balaban J connectivity index is 2.31. The number of anilines is 1. The number of methoxy groups -OCH3 is 1. The lowest BCUT2D eigenvalue weighted by molar-refractivity contribution is 0.0698. The molecule has 2 N–H and O–H groups in total. The number of carboxylic acids is 1. The summed E-state index contributed by atoms with van der Waals surface area (Å²) in [4.78, 5) is 11.3. The predicted octanol–water partition coefficient (Wildman–Crippen LogP) is 4.33. The van der Waals surface area contributed by atoms with Crippen LogP contribution in [0.4, 0.5) is 5.69 Å². The molecule has 0 radical (unpaired) electrons. The van der Waals surface area contributed by atoms with Crippen molar-refractivity contribution >= 4 is 27.6 Å². The number of hydrogen-bond donors (Lipinski definition) is 2. The van der Waals surface area contributed by atoms with E-state index in [0.29, 0.717) is 11.4 Å². The number of halogens is 1. The second kappa shape index (κ2) is 6.63. The Morgan fingerprint density at radius 2 is 2.05 bits per heavy atom. The van der Waals surface area contributed by atoms with E-state index in [4.69, 9.17) is 4.74 Å². The van der Waals surface area contributed by atoms with Crippen molar-refractivity contribution in [2.24, 2.45) is 0 Å². The van der Waals surface area contributed by atoms with Crippen LogP contribution in [-0.2, 0) is 0 Å². The monoisotopic (exact) mass is 349 g/mol. The Hall–Kier alpha value is -2.01. The Morgan fingerprint density at radius 3 is 2.67 bits per heavy atom. The molecule has 2 rings (SSSR count). The predicted molar refractivity (Wildman–Crippen MR) is 86.1 cm³/mol. The molecule has 21 heavy (non-hydrogen) atoms. The number of rotatable bonds is 5. The highest BCUT2D eigenvalue weighted by molar-refractivity contribution is 9.10. The number of ether oxygens (including phenoxy) is 1. The molecule has 0 aromatic heterocycles. The largest absolute Gasteiger partial charge is 0.497 e. The fourth-order valence-corrected chi connectivity index (χ4v) is 2.47. The van der Waals surface area contributed by atoms with Gasteiger partial charge in [0.15, 0.2) is 0 Å². The van der Waals surface area contributed by atoms with E-state index in [1.807, 2.05) is 31.2 Å². The first-order valence-electron chi connectivity index (χ1n) is 6.44. The molecule has 0 heterocycles. The topological polar surface area (TPSA) is 58.6 Å². The van der Waals surface area contributed by atoms with Gasteiger partial charge in [0.05, 0.1) is 18.4 Å². The average molecular weight is 350 g/mol. The summed E-state index contributed by atoms with van der Waals surface area (Å²) in [5, 5.41) is 12.5. The maximum Gasteiger partial charge on any atom is 0.337 e. The molecule has 0 aliphatic rings. The average Bonchev–Trinajstić information content (AvgIpc) is 2.46. The molecule has 0 aliphatic carbocycles. The first kappa shape index (κ1) is 15.4. The van der Waals surface area contributed by atoms with Gasteiger partial charge >= 0.3 is 5.97 Å². The van der Waals surface area contributed by atoms with Crippen molar-refractivity contribution in [2.45, 2.75) is 13.0 Å². The normalized spacial score (nSPS) is 11.8. The van der Waals surface area contributed by atoms with Gasteiger partial charge < -0.3 is 15.2 Å². The van der Waals surface area contributed by atoms with Crippen LogP contribution in [-0.4, -0.2) is 18.2 Å². The molecule has 1 unspecified atom stereocenters. The number of carboxylic acid groups (broad SMARTS) is 1. The maximum absolute atomic E-state index is 11.3. The van der Waals surface area contributed by atoms with Gasteiger partial charge in [-0.1, -0.05) is 28.1 Å². The van der Waals surface area contributed by atoms with Crippen molar-refractivity contribution in [1.82, 2.24) is 0 Å². The third kappa shape index (κ3) is 3.76. The second-order valence-corrected chi connectivity index (χ2v) is 5.55. The minimum Gasteiger partial charge on any atom is -0.497 e. The van der Waals surface area contributed by atoms with E-state index in [9.17, 15) is 9.90 Å². The van der Waals surface area contributed by atoms with Crippen LogP contribution in [0.3, 0.4) is 0 Å². The maximum atomic E-state index is 11.3. The lowest BCUT2D eigenvalue weighted by Gasteiger charge is -2.18. The Kier molecular flexibility index (Phi) is 4.85. The highest BCUT2D eigenvalue weighted by Crippen LogP contribution is 2.27. The van der Waals surface area contributed by atoms with Gasteiger partial charge in [0.25, 0.3) is 0 Å². The van der Waals surface area contributed by atoms with E-state index in [-0.39, 0.29) is 11.6 Å². The fraction of sp³-hybridized carbons (Fsp3) is 0.188. The summed E-state index contributed by atoms with van der Waals surface area (Å²) < 4.78 is 6.14. The van der Waals surface area contributed by atoms with Crippen molar-refractivity contribution in [2.75, 3.05) is 12.4 Å². The zero-order valence-electron chi connectivity index (χ0n) is 11.8. The summed E-state index contributed by atoms with van der Waals surface area (Å²) in [5.74, 6) is -0.356. The van der Waals surface area contributed by atoms with Crippen LogP contribution in [0.1, 0.15) is 28.9 Å². The molecule has 0 spiro atoms. The van der Waals surface area contributed by atoms with Crippen LogP contribution in [0.2, 0.25) is 0 Å². The van der Waals surface area contributed by atoms with E-state index >= 15 is 0 Å². The highest BCUT2D eigenvalue weighted by Gasteiger charge is 2.14. The standard InChI is InChI=1S/C16H16BrNO3/c1-10(11-4-3-5-12(17)8-11)18-15-9-13(21-2)6-7-14(15)16(19)20/h3-10,18H,1-2H3,(H,19,20). The SMILES string of the molecule is COc1ccc(C(=O)O)c(NC(C)c2cccc(Br)c2)c1. The van der Waals surface area contributed by atoms with Gasteiger partial charge in [-0.05, 0) is 36.8 Å². The molecule has 0 amide bonds. The van der Waals surface area contributed by atoms with Crippen LogP contribution >= 0.6 is 15.9 Å². The number of benzene rings is 2. The van der Waals surface area contributed by atoms with Gasteiger partial charge in [0.1, 0.15) is 5.75 Å². The van der Waals surface area contributed by atoms with Gasteiger partial charge in [-0.2, -0.15) is 0 Å². The molecule has 2 aromatic rings. The van der Waals surface area contributed by atoms with Crippen LogP contribution < -0.4 is 10.1 Å². The van der Waals surface area contributed by atoms with E-state index in [1.54, 1.807) is 19.2 Å². The van der Waals surface area contributed by atoms with E-state index in [1.165, 1.54) is 6.07 Å². The van der Waals surface area contributed by atoms with Crippen molar-refractivity contribution in [3.05, 3.63) is 58.1 Å². The van der Waals surface area contributed by atoms with Crippen LogP contribution in [0, 0.1) is 0 Å². The van der Waals surface area contributed by atoms with Gasteiger partial charge in [-0.3, -0.25) is 0 Å². The first-order valence-corrected chi connectivity index (χ1v) is 7.24. The summed E-state index contributed by atoms with van der Waals surface area (Å²) in [6.07, 6.45) is 0. The fourth-order valence-electron chi connectivity index (χ4n) is 2.05. The van der Waals surface area contributed by atoms with Gasteiger partial charge in [-0.15, -0.1) is 0 Å². The third-order valence-corrected chi connectivity index (χ3v) is 3.67. The molecule has 0 saturated carbocycles. The Labute approximate surface area is 131 Å². The summed E-state index contributed by atoms with van der Waals surface area (Å²) in [7, 11) is 1.55. The lowest BCUT2D eigenvalue weighted by Crippen LogP contribution is -2.11. The molecule has 5 heteroatoms. The molecule has 1 atom stereocenters. The molecule has 0 bridgehead atoms. The van der Waals surface area contributed by atoms with Gasteiger partial charge in [0.2, 0.25) is 0 Å². The summed E-state index contributed by atoms with van der Waals surface area (Å²) in [6.45, 7) is 1.98. The van der Waals surface area contributed by atoms with Gasteiger partial charge in [-0.25, -0.2) is 4.79 Å². The molecule has 110 valence electrons. The van der Waals surface area contributed by atoms with E-state index < -0.39 is 5.97 Å². The first-order chi connectivity index (χ1) is 10.0. The minimum atomic E-state index is -0.971. The highest BCUT2D eigenvalue weighted by atomic mass is 79.9. The number of hydrogen-bond acceptors (Lipinski definition) is 3. The second-order valence-electron chi connectivity index (χ2n) is 4.64. The zero-order valence-corrected chi connectivity index (χ0v) is 13.3. The summed E-state index contributed by atoms with van der Waals surface area (Å²) >= 11 is 3.43. The molecule has 0 saturated heterocycles. The molecule has 4 nitrogen and oxygen atoms in total. The lowest BCUT2D eigenvalue weighted by atomic mass is 10.1. The number of carbonyl (C=O) groups is 1. The molecule has 0 aliphatic heterocycles. The van der Waals surface area contributed by atoms with E-state index in [0.717, 1.165) is 10.0 Å². The van der Waals surface area contributed by atoms with Gasteiger partial charge in [0, 0.05) is 16.6 Å². The third-order valence-electron chi connectivity index (χ3n) is 3.18. The van der Waals surface area contributed by atoms with Crippen molar-refractivity contribution in [1.29, 1.82) is 0 Å². The molecular weight excluding hydrogens is 334 g/mol. The number of aromatic carboxylic acids is 1. The van der Waals surface area contributed by atoms with Crippen molar-refractivity contribution in [3.63, 3.8) is 0 Å². The Bertz CT molecular complexity index is 658. The van der Waals surface area contributed by atoms with E-state index in [2.05, 4.69) is 21.2 Å². The molecular formula is C16H16BrNO3. The Morgan fingerprint density at radius 1 is 1.29 bits per heavy atom. The van der Waals surface area contributed by atoms with Crippen LogP contribution in [0.15, 0.2) is 46.9 Å². The van der Waals surface area contributed by atoms with Crippen molar-refractivity contribution in [3.8, 4) is 5.75 Å². The van der Waals surface area contributed by atoms with Crippen molar-refractivity contribution < 1.29 is 14.6 Å². The minimum absolute atomic E-state index is 0.0345. The summed E-state index contributed by atoms with van der Waals surface area (Å²) in [6, 6.07) is 12.7. The quantitative estimate of drug-likeness (QED) is 0.843. The van der Waals surface area contributed by atoms with Crippen LogP contribution in [0.5, 0.6) is 5.75 Å². The summed E-state index contributed by atoms with van der Waals surface area (Å²) in [5.41, 5.74) is 1.82. The zero-order chi connectivity index (χ0) is 15.4.